The molecule has 1 aromatic heterocycles. The largest absolute Gasteiger partial charge is 0.394 e. The lowest BCUT2D eigenvalue weighted by Gasteiger charge is -2.02. The van der Waals surface area contributed by atoms with Crippen molar-refractivity contribution < 1.29 is 4.52 Å². The van der Waals surface area contributed by atoms with Gasteiger partial charge in [-0.3, -0.25) is 0 Å². The molecule has 0 atom stereocenters. The number of nitrogens with two attached hydrogens (primary N) is 1. The van der Waals surface area contributed by atoms with Crippen LogP contribution in [0.15, 0.2) is 22.7 Å². The Morgan fingerprint density at radius 3 is 2.81 bits per heavy atom. The summed E-state index contributed by atoms with van der Waals surface area (Å²) in [5.74, 6) is 0.701. The zero-order valence-electron chi connectivity index (χ0n) is 9.29. The number of anilines is 1. The van der Waals surface area contributed by atoms with Gasteiger partial charge in [0.15, 0.2) is 5.76 Å². The van der Waals surface area contributed by atoms with Gasteiger partial charge in [0.1, 0.15) is 11.4 Å². The number of fused-ring (bicyclic) bond motifs is 1. The monoisotopic (exact) mass is 214 g/mol. The minimum atomic E-state index is 0.651. The summed E-state index contributed by atoms with van der Waals surface area (Å²) >= 11 is 0. The first kappa shape index (κ1) is 9.46. The van der Waals surface area contributed by atoms with Crippen molar-refractivity contribution in [1.82, 2.24) is 5.16 Å². The van der Waals surface area contributed by atoms with Gasteiger partial charge in [0, 0.05) is 5.56 Å². The molecule has 0 fully saturated rings. The molecule has 2 N–H and O–H groups in total. The zero-order chi connectivity index (χ0) is 11.1. The maximum atomic E-state index is 5.92. The number of hydrogen-bond donors (Lipinski definition) is 1. The van der Waals surface area contributed by atoms with Crippen LogP contribution in [0, 0.1) is 6.92 Å². The van der Waals surface area contributed by atoms with E-state index in [-0.39, 0.29) is 0 Å². The number of rotatable bonds is 1. The number of aryl methyl sites for hydroxylation is 3. The highest BCUT2D eigenvalue weighted by atomic mass is 16.5. The molecule has 1 aromatic carbocycles. The van der Waals surface area contributed by atoms with Crippen LogP contribution in [0.3, 0.4) is 0 Å². The summed E-state index contributed by atoms with van der Waals surface area (Å²) in [5.41, 5.74) is 11.3. The van der Waals surface area contributed by atoms with Gasteiger partial charge in [0.2, 0.25) is 0 Å². The third-order valence-electron chi connectivity index (χ3n) is 3.27. The second kappa shape index (κ2) is 3.37. The highest BCUT2D eigenvalue weighted by molar-refractivity contribution is 5.73. The van der Waals surface area contributed by atoms with E-state index in [1.807, 2.05) is 6.92 Å². The molecule has 82 valence electrons. The lowest BCUT2D eigenvalue weighted by Crippen LogP contribution is -1.89. The molecule has 1 aliphatic rings. The van der Waals surface area contributed by atoms with Crippen LogP contribution in [0.1, 0.15) is 23.2 Å². The van der Waals surface area contributed by atoms with E-state index in [1.165, 1.54) is 24.0 Å². The molecule has 0 spiro atoms. The number of nitrogens with zero attached hydrogens (tertiary/aromatic N) is 1. The van der Waals surface area contributed by atoms with Crippen molar-refractivity contribution in [2.45, 2.75) is 26.2 Å². The topological polar surface area (TPSA) is 52.0 Å². The van der Waals surface area contributed by atoms with E-state index in [0.29, 0.717) is 11.4 Å². The van der Waals surface area contributed by atoms with Crippen LogP contribution in [0.4, 0.5) is 5.69 Å². The van der Waals surface area contributed by atoms with Gasteiger partial charge in [0.05, 0.1) is 0 Å². The summed E-state index contributed by atoms with van der Waals surface area (Å²) in [4.78, 5) is 0. The summed E-state index contributed by atoms with van der Waals surface area (Å²) in [6.07, 6.45) is 3.61. The van der Waals surface area contributed by atoms with Crippen molar-refractivity contribution in [3.63, 3.8) is 0 Å². The fourth-order valence-electron chi connectivity index (χ4n) is 2.30. The lowest BCUT2D eigenvalue weighted by atomic mass is 10.0. The summed E-state index contributed by atoms with van der Waals surface area (Å²) in [7, 11) is 0. The van der Waals surface area contributed by atoms with Crippen molar-refractivity contribution in [3.05, 3.63) is 35.0 Å². The second-order valence-electron chi connectivity index (χ2n) is 4.35. The number of nitrogen functional groups attached to an aromatic ring is 1. The molecule has 2 aromatic rings. The summed E-state index contributed by atoms with van der Waals surface area (Å²) in [5, 5.41) is 3.89. The molecule has 0 bridgehead atoms. The summed E-state index contributed by atoms with van der Waals surface area (Å²) in [6.45, 7) is 1.86. The maximum absolute atomic E-state index is 5.92. The first-order valence-corrected chi connectivity index (χ1v) is 5.59. The van der Waals surface area contributed by atoms with E-state index in [4.69, 9.17) is 10.3 Å². The Morgan fingerprint density at radius 1 is 1.25 bits per heavy atom. The molecule has 3 rings (SSSR count). The van der Waals surface area contributed by atoms with E-state index in [9.17, 15) is 0 Å². The van der Waals surface area contributed by atoms with Crippen molar-refractivity contribution in [2.75, 3.05) is 5.73 Å². The quantitative estimate of drug-likeness (QED) is 0.794. The van der Waals surface area contributed by atoms with Crippen LogP contribution in [0.25, 0.3) is 11.3 Å². The Hall–Kier alpha value is -1.77. The highest BCUT2D eigenvalue weighted by Gasteiger charge is 2.15. The molecule has 1 aliphatic carbocycles. The highest BCUT2D eigenvalue weighted by Crippen LogP contribution is 2.32. The number of aromatic nitrogens is 1. The van der Waals surface area contributed by atoms with Crippen LogP contribution >= 0.6 is 0 Å². The zero-order valence-corrected chi connectivity index (χ0v) is 9.29. The fraction of sp³-hybridized carbons (Fsp3) is 0.308. The van der Waals surface area contributed by atoms with Crippen LogP contribution in [-0.4, -0.2) is 5.16 Å². The Balaban J connectivity index is 2.10. The molecule has 0 saturated heterocycles. The van der Waals surface area contributed by atoms with Gasteiger partial charge < -0.3 is 10.3 Å². The molecule has 0 amide bonds. The number of benzene rings is 1. The van der Waals surface area contributed by atoms with E-state index < -0.39 is 0 Å². The molecule has 3 nitrogen and oxygen atoms in total. The first-order chi connectivity index (χ1) is 7.75. The average molecular weight is 214 g/mol. The van der Waals surface area contributed by atoms with Crippen LogP contribution in [0.5, 0.6) is 0 Å². The van der Waals surface area contributed by atoms with Crippen LogP contribution in [-0.2, 0) is 12.8 Å². The van der Waals surface area contributed by atoms with E-state index in [0.717, 1.165) is 17.7 Å². The summed E-state index contributed by atoms with van der Waals surface area (Å²) < 4.78 is 5.27. The molecule has 3 heteroatoms. The van der Waals surface area contributed by atoms with Gasteiger partial charge in [-0.25, -0.2) is 0 Å². The average Bonchev–Trinajstić information content (AvgIpc) is 2.86. The minimum absolute atomic E-state index is 0.651. The summed E-state index contributed by atoms with van der Waals surface area (Å²) in [6, 6.07) is 6.42. The third kappa shape index (κ3) is 1.32. The maximum Gasteiger partial charge on any atom is 0.190 e. The molecule has 0 radical (unpaired) electrons. The normalized spacial score (nSPS) is 14.1. The lowest BCUT2D eigenvalue weighted by molar-refractivity contribution is 0.427. The predicted molar refractivity (Wildman–Crippen MR) is 63.1 cm³/mol. The standard InChI is InChI=1S/C13H14N2O/c1-8-12(14)13(16-15-8)11-6-5-9-3-2-4-10(9)7-11/h5-7H,2-4,14H2,1H3. The van der Waals surface area contributed by atoms with Gasteiger partial charge in [-0.05, 0) is 43.4 Å². The van der Waals surface area contributed by atoms with Crippen molar-refractivity contribution in [1.29, 1.82) is 0 Å². The third-order valence-corrected chi connectivity index (χ3v) is 3.27. The van der Waals surface area contributed by atoms with Gasteiger partial charge in [-0.2, -0.15) is 0 Å². The van der Waals surface area contributed by atoms with Crippen molar-refractivity contribution >= 4 is 5.69 Å². The molecule has 0 saturated carbocycles. The Kier molecular flexibility index (Phi) is 1.99. The molecular formula is C13H14N2O. The predicted octanol–water partition coefficient (Wildman–Crippen LogP) is 2.72. The molecular weight excluding hydrogens is 200 g/mol. The number of hydrogen-bond acceptors (Lipinski definition) is 3. The van der Waals surface area contributed by atoms with Crippen LogP contribution < -0.4 is 5.73 Å². The first-order valence-electron chi connectivity index (χ1n) is 5.59. The van der Waals surface area contributed by atoms with E-state index in [2.05, 4.69) is 23.4 Å². The second-order valence-corrected chi connectivity index (χ2v) is 4.35. The van der Waals surface area contributed by atoms with Crippen molar-refractivity contribution in [2.24, 2.45) is 0 Å². The Labute approximate surface area is 94.2 Å². The van der Waals surface area contributed by atoms with Gasteiger partial charge in [-0.15, -0.1) is 0 Å². The van der Waals surface area contributed by atoms with Crippen molar-refractivity contribution in [3.8, 4) is 11.3 Å². The smallest absolute Gasteiger partial charge is 0.190 e. The van der Waals surface area contributed by atoms with Gasteiger partial charge in [0.25, 0.3) is 0 Å². The molecule has 16 heavy (non-hydrogen) atoms. The van der Waals surface area contributed by atoms with E-state index >= 15 is 0 Å². The fourth-order valence-corrected chi connectivity index (χ4v) is 2.30. The molecule has 0 aliphatic heterocycles. The molecule has 1 heterocycles. The molecule has 0 unspecified atom stereocenters. The van der Waals surface area contributed by atoms with Gasteiger partial charge in [-0.1, -0.05) is 17.3 Å². The Morgan fingerprint density at radius 2 is 2.06 bits per heavy atom. The Bertz CT molecular complexity index is 543. The van der Waals surface area contributed by atoms with E-state index in [1.54, 1.807) is 0 Å². The van der Waals surface area contributed by atoms with Gasteiger partial charge >= 0.3 is 0 Å². The minimum Gasteiger partial charge on any atom is -0.394 e. The van der Waals surface area contributed by atoms with Crippen LogP contribution in [0.2, 0.25) is 0 Å². The SMILES string of the molecule is Cc1noc(-c2ccc3c(c2)CCC3)c1N.